The van der Waals surface area contributed by atoms with Crippen LogP contribution in [0.15, 0.2) is 54.6 Å². The number of aromatic carboxylic acids is 1. The van der Waals surface area contributed by atoms with E-state index in [2.05, 4.69) is 10.6 Å². The average molecular weight is 536 g/mol. The topological polar surface area (TPSA) is 203 Å². The Kier molecular flexibility index (Phi) is 7.68. The first kappa shape index (κ1) is 26.9. The molecule has 4 rings (SSSR count). The molecule has 3 aromatic carbocycles. The quantitative estimate of drug-likeness (QED) is 0.171. The maximum absolute atomic E-state index is 13.0. The van der Waals surface area contributed by atoms with Crippen LogP contribution < -0.4 is 10.6 Å². The Labute approximate surface area is 221 Å². The molecule has 39 heavy (non-hydrogen) atoms. The van der Waals surface area contributed by atoms with Crippen LogP contribution in [-0.2, 0) is 4.74 Å². The molecule has 1 heterocycles. The van der Waals surface area contributed by atoms with Gasteiger partial charge in [0.15, 0.2) is 0 Å². The number of phenolic OH excluding ortho intramolecular Hbond substituents is 4. The number of hydrogen-bond donors (Lipinski definition) is 7. The van der Waals surface area contributed by atoms with Crippen molar-refractivity contribution in [1.29, 1.82) is 0 Å². The molecule has 12 nitrogen and oxygen atoms in total. The second-order valence-corrected chi connectivity index (χ2v) is 8.79. The molecular formula is C27H24N2O10. The summed E-state index contributed by atoms with van der Waals surface area (Å²) in [6.07, 6.45) is -0.434. The molecule has 3 aromatic rings. The summed E-state index contributed by atoms with van der Waals surface area (Å²) in [5.41, 5.74) is -1.92. The van der Waals surface area contributed by atoms with Crippen molar-refractivity contribution in [1.82, 2.24) is 10.6 Å². The number of ether oxygens (including phenoxy) is 1. The summed E-state index contributed by atoms with van der Waals surface area (Å²) in [6.45, 7) is 0.776. The van der Waals surface area contributed by atoms with Gasteiger partial charge in [-0.15, -0.1) is 0 Å². The van der Waals surface area contributed by atoms with Crippen LogP contribution in [0.4, 0.5) is 0 Å². The van der Waals surface area contributed by atoms with E-state index < -0.39 is 69.7 Å². The van der Waals surface area contributed by atoms with Crippen molar-refractivity contribution in [3.05, 3.63) is 82.4 Å². The van der Waals surface area contributed by atoms with E-state index in [1.807, 2.05) is 0 Å². The molecule has 2 atom stereocenters. The molecule has 0 bridgehead atoms. The number of ketones is 1. The third-order valence-electron chi connectivity index (χ3n) is 6.18. The number of nitrogens with one attached hydrogen (secondary N) is 2. The van der Waals surface area contributed by atoms with Crippen molar-refractivity contribution >= 4 is 23.6 Å². The summed E-state index contributed by atoms with van der Waals surface area (Å²) in [5.74, 6) is -6.44. The van der Waals surface area contributed by atoms with E-state index in [1.165, 1.54) is 30.3 Å². The SMILES string of the molecule is O=C(NC1CNCCC1OC(=O)c1cc(O)c(C(=O)c2c(O)cccc2C(=O)O)c(O)c1)c1ccc(O)cc1. The number of piperidine rings is 1. The maximum atomic E-state index is 13.0. The van der Waals surface area contributed by atoms with Gasteiger partial charge in [0.1, 0.15) is 34.7 Å². The highest BCUT2D eigenvalue weighted by atomic mass is 16.5. The van der Waals surface area contributed by atoms with Crippen LogP contribution in [0.1, 0.15) is 53.4 Å². The van der Waals surface area contributed by atoms with Gasteiger partial charge >= 0.3 is 11.9 Å². The summed E-state index contributed by atoms with van der Waals surface area (Å²) in [6, 6.07) is 10.1. The minimum absolute atomic E-state index is 0.000177. The predicted molar refractivity (Wildman–Crippen MR) is 134 cm³/mol. The molecule has 0 spiro atoms. The van der Waals surface area contributed by atoms with Gasteiger partial charge in [-0.1, -0.05) is 6.07 Å². The molecule has 2 unspecified atom stereocenters. The zero-order valence-corrected chi connectivity index (χ0v) is 20.2. The van der Waals surface area contributed by atoms with Gasteiger partial charge in [-0.3, -0.25) is 9.59 Å². The molecule has 202 valence electrons. The summed E-state index contributed by atoms with van der Waals surface area (Å²) in [5, 5.41) is 55.7. The minimum Gasteiger partial charge on any atom is -0.508 e. The molecule has 0 radical (unpaired) electrons. The highest BCUT2D eigenvalue weighted by Gasteiger charge is 2.32. The van der Waals surface area contributed by atoms with E-state index in [1.54, 1.807) is 0 Å². The Morgan fingerprint density at radius 2 is 1.51 bits per heavy atom. The number of aromatic hydroxyl groups is 4. The lowest BCUT2D eigenvalue weighted by Gasteiger charge is -2.32. The van der Waals surface area contributed by atoms with Crippen LogP contribution in [0, 0.1) is 0 Å². The fraction of sp³-hybridized carbons (Fsp3) is 0.185. The number of carboxylic acid groups (broad SMARTS) is 1. The lowest BCUT2D eigenvalue weighted by Crippen LogP contribution is -2.55. The largest absolute Gasteiger partial charge is 0.508 e. The van der Waals surface area contributed by atoms with Crippen molar-refractivity contribution in [3.8, 4) is 23.0 Å². The average Bonchev–Trinajstić information content (AvgIpc) is 2.89. The molecule has 1 saturated heterocycles. The molecule has 7 N–H and O–H groups in total. The zero-order valence-electron chi connectivity index (χ0n) is 20.2. The summed E-state index contributed by atoms with van der Waals surface area (Å²) >= 11 is 0. The van der Waals surface area contributed by atoms with Crippen LogP contribution in [0.2, 0.25) is 0 Å². The van der Waals surface area contributed by atoms with E-state index in [4.69, 9.17) is 4.74 Å². The number of carbonyl (C=O) groups is 4. The third-order valence-corrected chi connectivity index (χ3v) is 6.18. The van der Waals surface area contributed by atoms with Crippen molar-refractivity contribution in [2.45, 2.75) is 18.6 Å². The number of carboxylic acids is 1. The van der Waals surface area contributed by atoms with E-state index in [0.29, 0.717) is 13.0 Å². The van der Waals surface area contributed by atoms with Crippen LogP contribution in [0.3, 0.4) is 0 Å². The Balaban J connectivity index is 1.53. The number of amides is 1. The molecule has 0 aromatic heterocycles. The maximum Gasteiger partial charge on any atom is 0.338 e. The van der Waals surface area contributed by atoms with Crippen molar-refractivity contribution in [2.24, 2.45) is 0 Å². The molecule has 0 aliphatic carbocycles. The first-order chi connectivity index (χ1) is 18.6. The molecule has 12 heteroatoms. The van der Waals surface area contributed by atoms with Crippen LogP contribution >= 0.6 is 0 Å². The fourth-order valence-electron chi connectivity index (χ4n) is 4.23. The third kappa shape index (κ3) is 5.75. The lowest BCUT2D eigenvalue weighted by atomic mass is 9.95. The Hall–Kier alpha value is -5.10. The Bertz CT molecular complexity index is 1430. The highest BCUT2D eigenvalue weighted by molar-refractivity contribution is 6.18. The number of carbonyl (C=O) groups excluding carboxylic acids is 3. The summed E-state index contributed by atoms with van der Waals surface area (Å²) < 4.78 is 5.55. The second kappa shape index (κ2) is 11.1. The summed E-state index contributed by atoms with van der Waals surface area (Å²) in [4.78, 5) is 50.0. The normalized spacial score (nSPS) is 16.7. The number of esters is 1. The highest BCUT2D eigenvalue weighted by Crippen LogP contribution is 2.35. The first-order valence-electron chi connectivity index (χ1n) is 11.7. The van der Waals surface area contributed by atoms with Gasteiger partial charge in [-0.2, -0.15) is 0 Å². The van der Waals surface area contributed by atoms with E-state index in [0.717, 1.165) is 24.3 Å². The molecule has 1 fully saturated rings. The van der Waals surface area contributed by atoms with Gasteiger partial charge in [0.05, 0.1) is 22.7 Å². The predicted octanol–water partition coefficient (Wildman–Crippen LogP) is 1.76. The number of phenols is 4. The van der Waals surface area contributed by atoms with Crippen LogP contribution in [0.5, 0.6) is 23.0 Å². The van der Waals surface area contributed by atoms with Crippen LogP contribution in [-0.4, -0.2) is 74.4 Å². The Morgan fingerprint density at radius 3 is 2.15 bits per heavy atom. The Morgan fingerprint density at radius 1 is 0.846 bits per heavy atom. The van der Waals surface area contributed by atoms with E-state index >= 15 is 0 Å². The smallest absolute Gasteiger partial charge is 0.338 e. The van der Waals surface area contributed by atoms with Crippen molar-refractivity contribution < 1.29 is 49.4 Å². The van der Waals surface area contributed by atoms with Crippen molar-refractivity contribution in [3.63, 3.8) is 0 Å². The second-order valence-electron chi connectivity index (χ2n) is 8.79. The molecular weight excluding hydrogens is 512 g/mol. The van der Waals surface area contributed by atoms with Gasteiger partial charge in [0, 0.05) is 12.1 Å². The number of hydrogen-bond acceptors (Lipinski definition) is 10. The molecule has 1 amide bonds. The lowest BCUT2D eigenvalue weighted by molar-refractivity contribution is 0.0126. The van der Waals surface area contributed by atoms with Crippen molar-refractivity contribution in [2.75, 3.05) is 13.1 Å². The minimum atomic E-state index is -1.51. The summed E-state index contributed by atoms with van der Waals surface area (Å²) in [7, 11) is 0. The molecule has 0 saturated carbocycles. The van der Waals surface area contributed by atoms with Gasteiger partial charge < -0.3 is 40.9 Å². The van der Waals surface area contributed by atoms with Gasteiger partial charge in [-0.25, -0.2) is 9.59 Å². The first-order valence-corrected chi connectivity index (χ1v) is 11.7. The van der Waals surface area contributed by atoms with Crippen LogP contribution in [0.25, 0.3) is 0 Å². The number of benzene rings is 3. The van der Waals surface area contributed by atoms with E-state index in [-0.39, 0.29) is 23.4 Å². The van der Waals surface area contributed by atoms with Gasteiger partial charge in [0.25, 0.3) is 5.91 Å². The monoisotopic (exact) mass is 536 g/mol. The van der Waals surface area contributed by atoms with E-state index in [9.17, 15) is 44.7 Å². The van der Waals surface area contributed by atoms with Gasteiger partial charge in [-0.05, 0) is 61.5 Å². The van der Waals surface area contributed by atoms with Gasteiger partial charge in [0.2, 0.25) is 5.78 Å². The number of rotatable bonds is 7. The fourth-order valence-corrected chi connectivity index (χ4v) is 4.23. The standard InChI is InChI=1S/C27H24N2O10/c30-15-6-4-13(5-7-15)25(35)29-17-12-28-9-8-21(17)39-27(38)14-10-19(32)23(20(33)11-14)24(34)22-16(26(36)37)2-1-3-18(22)31/h1-7,10-11,17,21,28,30-33H,8-9,12H2,(H,29,35)(H,36,37). The molecule has 1 aliphatic heterocycles. The zero-order chi connectivity index (χ0) is 28.3. The molecule has 1 aliphatic rings.